The summed E-state index contributed by atoms with van der Waals surface area (Å²) in [5.74, 6) is 0.652. The highest BCUT2D eigenvalue weighted by Crippen LogP contribution is 2.29. The summed E-state index contributed by atoms with van der Waals surface area (Å²) in [6.07, 6.45) is 3.74. The van der Waals surface area contributed by atoms with Crippen molar-refractivity contribution in [3.8, 4) is 0 Å². The topological polar surface area (TPSA) is 43.4 Å². The minimum Gasteiger partial charge on any atom is -0.466 e. The third kappa shape index (κ3) is 4.33. The van der Waals surface area contributed by atoms with Gasteiger partial charge in [0, 0.05) is 12.8 Å². The maximum Gasteiger partial charge on any atom is 0.305 e. The van der Waals surface area contributed by atoms with E-state index in [1.165, 1.54) is 0 Å². The first-order valence-electron chi connectivity index (χ1n) is 5.46. The van der Waals surface area contributed by atoms with E-state index in [1.807, 2.05) is 6.92 Å². The zero-order chi connectivity index (χ0) is 11.3. The van der Waals surface area contributed by atoms with Crippen LogP contribution in [0.5, 0.6) is 0 Å². The van der Waals surface area contributed by atoms with Crippen LogP contribution < -0.4 is 0 Å². The van der Waals surface area contributed by atoms with Gasteiger partial charge in [0.15, 0.2) is 0 Å². The molecule has 1 saturated carbocycles. The molecule has 0 aromatic heterocycles. The van der Waals surface area contributed by atoms with Crippen LogP contribution in [-0.4, -0.2) is 23.2 Å². The van der Waals surface area contributed by atoms with Crippen molar-refractivity contribution in [3.05, 3.63) is 0 Å². The van der Waals surface area contributed by atoms with E-state index in [4.69, 9.17) is 4.74 Å². The highest BCUT2D eigenvalue weighted by atomic mass is 79.9. The number of halogens is 1. The van der Waals surface area contributed by atoms with Gasteiger partial charge in [0.1, 0.15) is 5.78 Å². The number of esters is 1. The summed E-state index contributed by atoms with van der Waals surface area (Å²) in [6, 6.07) is 0. The summed E-state index contributed by atoms with van der Waals surface area (Å²) in [5.41, 5.74) is 0. The second kappa shape index (κ2) is 6.26. The van der Waals surface area contributed by atoms with Crippen LogP contribution in [0.15, 0.2) is 0 Å². The molecule has 1 rings (SSSR count). The summed E-state index contributed by atoms with van der Waals surface area (Å²) >= 11 is 3.37. The molecule has 0 saturated heterocycles. The van der Waals surface area contributed by atoms with Crippen molar-refractivity contribution >= 4 is 27.7 Å². The number of alkyl halides is 1. The van der Waals surface area contributed by atoms with Crippen molar-refractivity contribution < 1.29 is 14.3 Å². The molecule has 86 valence electrons. The van der Waals surface area contributed by atoms with E-state index >= 15 is 0 Å². The minimum atomic E-state index is -0.125. The second-order valence-electron chi connectivity index (χ2n) is 3.92. The van der Waals surface area contributed by atoms with Gasteiger partial charge in [-0.3, -0.25) is 9.59 Å². The number of hydrogen-bond acceptors (Lipinski definition) is 3. The summed E-state index contributed by atoms with van der Waals surface area (Å²) in [5, 5.41) is 0. The van der Waals surface area contributed by atoms with Gasteiger partial charge in [-0.05, 0) is 32.1 Å². The largest absolute Gasteiger partial charge is 0.466 e. The Labute approximate surface area is 98.7 Å². The lowest BCUT2D eigenvalue weighted by molar-refractivity contribution is -0.143. The number of carbonyl (C=O) groups is 2. The fraction of sp³-hybridized carbons (Fsp3) is 0.818. The van der Waals surface area contributed by atoms with Crippen LogP contribution in [0.1, 0.15) is 39.0 Å². The molecule has 0 aromatic carbocycles. The Morgan fingerprint density at radius 3 is 2.93 bits per heavy atom. The SMILES string of the molecule is CCOC(=O)CCC1CCC(=O)C(Br)C1. The normalized spacial score (nSPS) is 26.4. The maximum atomic E-state index is 11.2. The maximum absolute atomic E-state index is 11.2. The van der Waals surface area contributed by atoms with Crippen molar-refractivity contribution in [2.45, 2.75) is 43.9 Å². The van der Waals surface area contributed by atoms with Crippen LogP contribution in [0.4, 0.5) is 0 Å². The van der Waals surface area contributed by atoms with Crippen molar-refractivity contribution in [1.29, 1.82) is 0 Å². The zero-order valence-corrected chi connectivity index (χ0v) is 10.6. The molecule has 15 heavy (non-hydrogen) atoms. The number of ether oxygens (including phenoxy) is 1. The zero-order valence-electron chi connectivity index (χ0n) is 9.00. The van der Waals surface area contributed by atoms with Gasteiger partial charge in [-0.15, -0.1) is 0 Å². The van der Waals surface area contributed by atoms with Gasteiger partial charge in [0.2, 0.25) is 0 Å². The van der Waals surface area contributed by atoms with Crippen LogP contribution in [0.2, 0.25) is 0 Å². The molecule has 0 aromatic rings. The van der Waals surface area contributed by atoms with Crippen LogP contribution in [-0.2, 0) is 14.3 Å². The molecule has 3 nitrogen and oxygen atoms in total. The number of carbonyl (C=O) groups excluding carboxylic acids is 2. The van der Waals surface area contributed by atoms with Crippen LogP contribution in [0, 0.1) is 5.92 Å². The fourth-order valence-electron chi connectivity index (χ4n) is 1.86. The first-order valence-corrected chi connectivity index (χ1v) is 6.37. The number of rotatable bonds is 4. The molecule has 1 fully saturated rings. The molecule has 1 aliphatic rings. The number of ketones is 1. The Morgan fingerprint density at radius 2 is 2.33 bits per heavy atom. The van der Waals surface area contributed by atoms with Gasteiger partial charge in [0.05, 0.1) is 11.4 Å². The number of Topliss-reactive ketones (excluding diaryl/α,β-unsaturated/α-hetero) is 1. The van der Waals surface area contributed by atoms with E-state index in [0.29, 0.717) is 31.1 Å². The van der Waals surface area contributed by atoms with Gasteiger partial charge in [0.25, 0.3) is 0 Å². The third-order valence-electron chi connectivity index (χ3n) is 2.75. The molecule has 0 bridgehead atoms. The van der Waals surface area contributed by atoms with Crippen molar-refractivity contribution in [2.24, 2.45) is 5.92 Å². The molecule has 0 aliphatic heterocycles. The van der Waals surface area contributed by atoms with E-state index in [-0.39, 0.29) is 10.8 Å². The Bertz CT molecular complexity index is 240. The van der Waals surface area contributed by atoms with E-state index in [2.05, 4.69) is 15.9 Å². The molecular weight excluding hydrogens is 260 g/mol. The predicted octanol–water partition coefficient (Wildman–Crippen LogP) is 2.46. The average Bonchev–Trinajstić information content (AvgIpc) is 2.20. The summed E-state index contributed by atoms with van der Waals surface area (Å²) in [6.45, 7) is 2.26. The van der Waals surface area contributed by atoms with Gasteiger partial charge in [-0.25, -0.2) is 0 Å². The first kappa shape index (κ1) is 12.7. The standard InChI is InChI=1S/C11H17BrO3/c1-2-15-11(14)6-4-8-3-5-10(13)9(12)7-8/h8-9H,2-7H2,1H3. The molecule has 0 spiro atoms. The van der Waals surface area contributed by atoms with Crippen LogP contribution in [0.3, 0.4) is 0 Å². The van der Waals surface area contributed by atoms with Crippen molar-refractivity contribution in [3.63, 3.8) is 0 Å². The lowest BCUT2D eigenvalue weighted by Gasteiger charge is -2.24. The van der Waals surface area contributed by atoms with E-state index < -0.39 is 0 Å². The number of hydrogen-bond donors (Lipinski definition) is 0. The van der Waals surface area contributed by atoms with Gasteiger partial charge in [-0.1, -0.05) is 15.9 Å². The summed E-state index contributed by atoms with van der Waals surface area (Å²) < 4.78 is 4.86. The molecule has 0 amide bonds. The van der Waals surface area contributed by atoms with Crippen molar-refractivity contribution in [2.75, 3.05) is 6.61 Å². The molecule has 4 heteroatoms. The average molecular weight is 277 g/mol. The lowest BCUT2D eigenvalue weighted by atomic mass is 9.85. The highest BCUT2D eigenvalue weighted by molar-refractivity contribution is 9.10. The molecular formula is C11H17BrO3. The predicted molar refractivity (Wildman–Crippen MR) is 60.9 cm³/mol. The molecule has 2 atom stereocenters. The highest BCUT2D eigenvalue weighted by Gasteiger charge is 2.26. The minimum absolute atomic E-state index is 0.00144. The van der Waals surface area contributed by atoms with Gasteiger partial charge >= 0.3 is 5.97 Å². The van der Waals surface area contributed by atoms with Crippen LogP contribution in [0.25, 0.3) is 0 Å². The molecule has 1 aliphatic carbocycles. The van der Waals surface area contributed by atoms with E-state index in [0.717, 1.165) is 19.3 Å². The Kier molecular flexibility index (Phi) is 5.29. The molecule has 0 heterocycles. The third-order valence-corrected chi connectivity index (χ3v) is 3.64. The molecule has 0 N–H and O–H groups in total. The quantitative estimate of drug-likeness (QED) is 0.585. The lowest BCUT2D eigenvalue weighted by Crippen LogP contribution is -2.25. The second-order valence-corrected chi connectivity index (χ2v) is 5.02. The molecule has 0 radical (unpaired) electrons. The fourth-order valence-corrected chi connectivity index (χ4v) is 2.62. The van der Waals surface area contributed by atoms with Crippen molar-refractivity contribution in [1.82, 2.24) is 0 Å². The van der Waals surface area contributed by atoms with Gasteiger partial charge in [-0.2, -0.15) is 0 Å². The Balaban J connectivity index is 2.22. The smallest absolute Gasteiger partial charge is 0.305 e. The summed E-state index contributed by atoms with van der Waals surface area (Å²) in [4.78, 5) is 22.4. The van der Waals surface area contributed by atoms with Gasteiger partial charge < -0.3 is 4.74 Å². The summed E-state index contributed by atoms with van der Waals surface area (Å²) in [7, 11) is 0. The monoisotopic (exact) mass is 276 g/mol. The Morgan fingerprint density at radius 1 is 1.60 bits per heavy atom. The van der Waals surface area contributed by atoms with Crippen LogP contribution >= 0.6 is 15.9 Å². The first-order chi connectivity index (χ1) is 7.13. The Hall–Kier alpha value is -0.380. The van der Waals surface area contributed by atoms with E-state index in [1.54, 1.807) is 0 Å². The molecule has 2 unspecified atom stereocenters. The van der Waals surface area contributed by atoms with E-state index in [9.17, 15) is 9.59 Å².